The van der Waals surface area contributed by atoms with Crippen LogP contribution in [0.25, 0.3) is 11.3 Å². The standard InChI is InChI=1S/C13H12ClN5S2/c1-2-7-19-17-12(16-18-19)21-13-15-11(8-20-13)9-3-5-10(14)6-4-9/h3-6,8H,2,7H2,1H3. The zero-order chi connectivity index (χ0) is 14.7. The predicted octanol–water partition coefficient (Wildman–Crippen LogP) is 4.01. The summed E-state index contributed by atoms with van der Waals surface area (Å²) in [5.74, 6) is 0. The normalized spacial score (nSPS) is 11.0. The molecule has 8 heteroatoms. The van der Waals surface area contributed by atoms with Crippen molar-refractivity contribution in [3.8, 4) is 11.3 Å². The number of thiazole rings is 1. The van der Waals surface area contributed by atoms with Crippen LogP contribution in [0.2, 0.25) is 5.02 Å². The zero-order valence-corrected chi connectivity index (χ0v) is 13.6. The number of halogens is 1. The Morgan fingerprint density at radius 2 is 2.10 bits per heavy atom. The molecule has 0 aliphatic heterocycles. The molecule has 0 aliphatic carbocycles. The molecule has 5 nitrogen and oxygen atoms in total. The Kier molecular flexibility index (Phi) is 4.52. The molecular weight excluding hydrogens is 326 g/mol. The molecule has 3 rings (SSSR count). The van der Waals surface area contributed by atoms with E-state index in [1.54, 1.807) is 16.1 Å². The highest BCUT2D eigenvalue weighted by Crippen LogP contribution is 2.31. The lowest BCUT2D eigenvalue weighted by Gasteiger charge is -1.95. The summed E-state index contributed by atoms with van der Waals surface area (Å²) < 4.78 is 0.899. The van der Waals surface area contributed by atoms with Crippen molar-refractivity contribution in [2.45, 2.75) is 29.4 Å². The van der Waals surface area contributed by atoms with Gasteiger partial charge in [-0.3, -0.25) is 0 Å². The molecule has 3 aromatic rings. The Labute approximate surface area is 135 Å². The molecule has 0 N–H and O–H groups in total. The molecule has 21 heavy (non-hydrogen) atoms. The second-order valence-corrected chi connectivity index (χ2v) is 6.78. The van der Waals surface area contributed by atoms with Gasteiger partial charge in [0, 0.05) is 16.0 Å². The summed E-state index contributed by atoms with van der Waals surface area (Å²) in [6.45, 7) is 2.86. The van der Waals surface area contributed by atoms with Crippen molar-refractivity contribution >= 4 is 34.7 Å². The van der Waals surface area contributed by atoms with Crippen molar-refractivity contribution < 1.29 is 0 Å². The third-order valence-electron chi connectivity index (χ3n) is 2.66. The van der Waals surface area contributed by atoms with E-state index in [4.69, 9.17) is 11.6 Å². The van der Waals surface area contributed by atoms with Crippen LogP contribution >= 0.6 is 34.7 Å². The quantitative estimate of drug-likeness (QED) is 0.704. The minimum absolute atomic E-state index is 0.625. The van der Waals surface area contributed by atoms with Crippen LogP contribution < -0.4 is 0 Å². The molecular formula is C13H12ClN5S2. The lowest BCUT2D eigenvalue weighted by Crippen LogP contribution is -2.00. The zero-order valence-electron chi connectivity index (χ0n) is 11.2. The number of rotatable bonds is 5. The van der Waals surface area contributed by atoms with E-state index in [0.717, 1.165) is 33.6 Å². The summed E-state index contributed by atoms with van der Waals surface area (Å²) in [6, 6.07) is 7.64. The van der Waals surface area contributed by atoms with E-state index >= 15 is 0 Å². The molecule has 0 saturated carbocycles. The third-order valence-corrected chi connectivity index (χ3v) is 4.70. The summed E-state index contributed by atoms with van der Waals surface area (Å²) in [4.78, 5) is 6.19. The number of nitrogens with zero attached hydrogens (tertiary/aromatic N) is 5. The molecule has 0 amide bonds. The van der Waals surface area contributed by atoms with E-state index in [-0.39, 0.29) is 0 Å². The average Bonchev–Trinajstić information content (AvgIpc) is 3.11. The molecule has 0 fully saturated rings. The van der Waals surface area contributed by atoms with Gasteiger partial charge in [0.05, 0.1) is 12.2 Å². The van der Waals surface area contributed by atoms with Crippen molar-refractivity contribution in [2.24, 2.45) is 0 Å². The molecule has 0 unspecified atom stereocenters. The maximum Gasteiger partial charge on any atom is 0.238 e. The Morgan fingerprint density at radius 1 is 1.29 bits per heavy atom. The lowest BCUT2D eigenvalue weighted by molar-refractivity contribution is 0.511. The maximum atomic E-state index is 5.89. The summed E-state index contributed by atoms with van der Waals surface area (Å²) in [5.41, 5.74) is 1.98. The molecule has 0 aliphatic rings. The van der Waals surface area contributed by atoms with Gasteiger partial charge in [0.15, 0.2) is 4.34 Å². The van der Waals surface area contributed by atoms with Crippen molar-refractivity contribution in [3.05, 3.63) is 34.7 Å². The highest BCUT2D eigenvalue weighted by Gasteiger charge is 2.10. The fourth-order valence-corrected chi connectivity index (χ4v) is 3.45. The molecule has 0 atom stereocenters. The van der Waals surface area contributed by atoms with Crippen molar-refractivity contribution in [3.63, 3.8) is 0 Å². The molecule has 108 valence electrons. The number of aromatic nitrogens is 5. The Morgan fingerprint density at radius 3 is 2.86 bits per heavy atom. The van der Waals surface area contributed by atoms with Crippen LogP contribution in [0, 0.1) is 0 Å². The van der Waals surface area contributed by atoms with Crippen LogP contribution in [0.5, 0.6) is 0 Å². The summed E-state index contributed by atoms with van der Waals surface area (Å²) in [5, 5.41) is 15.7. The van der Waals surface area contributed by atoms with Gasteiger partial charge in [-0.1, -0.05) is 30.7 Å². The highest BCUT2D eigenvalue weighted by atomic mass is 35.5. The minimum Gasteiger partial charge on any atom is -0.229 e. The van der Waals surface area contributed by atoms with E-state index in [1.165, 1.54) is 11.8 Å². The first-order valence-corrected chi connectivity index (χ1v) is 8.49. The van der Waals surface area contributed by atoms with Gasteiger partial charge in [-0.2, -0.15) is 4.80 Å². The number of aryl methyl sites for hydroxylation is 1. The number of hydrogen-bond donors (Lipinski definition) is 0. The summed E-state index contributed by atoms with van der Waals surface area (Å²) in [6.07, 6.45) is 0.985. The topological polar surface area (TPSA) is 56.5 Å². The van der Waals surface area contributed by atoms with Crippen LogP contribution in [0.15, 0.2) is 39.1 Å². The maximum absolute atomic E-state index is 5.89. The SMILES string of the molecule is CCCn1nnc(Sc2nc(-c3ccc(Cl)cc3)cs2)n1. The average molecular weight is 338 g/mol. The number of benzene rings is 1. The van der Waals surface area contributed by atoms with Gasteiger partial charge in [0.2, 0.25) is 5.16 Å². The largest absolute Gasteiger partial charge is 0.238 e. The monoisotopic (exact) mass is 337 g/mol. The minimum atomic E-state index is 0.625. The van der Waals surface area contributed by atoms with Crippen molar-refractivity contribution in [1.82, 2.24) is 25.2 Å². The fraction of sp³-hybridized carbons (Fsp3) is 0.231. The lowest BCUT2D eigenvalue weighted by atomic mass is 10.2. The fourth-order valence-electron chi connectivity index (χ4n) is 1.70. The van der Waals surface area contributed by atoms with E-state index in [2.05, 4.69) is 27.3 Å². The molecule has 0 saturated heterocycles. The third kappa shape index (κ3) is 3.61. The second kappa shape index (κ2) is 6.55. The first-order chi connectivity index (χ1) is 10.2. The molecule has 0 bridgehead atoms. The van der Waals surface area contributed by atoms with Gasteiger partial charge in [0.25, 0.3) is 0 Å². The van der Waals surface area contributed by atoms with Crippen LogP contribution in [0.1, 0.15) is 13.3 Å². The number of tetrazole rings is 1. The van der Waals surface area contributed by atoms with E-state index in [0.29, 0.717) is 5.16 Å². The van der Waals surface area contributed by atoms with Crippen LogP contribution in [-0.2, 0) is 6.54 Å². The van der Waals surface area contributed by atoms with Crippen LogP contribution in [-0.4, -0.2) is 25.2 Å². The predicted molar refractivity (Wildman–Crippen MR) is 84.8 cm³/mol. The van der Waals surface area contributed by atoms with Gasteiger partial charge in [-0.05, 0) is 35.5 Å². The smallest absolute Gasteiger partial charge is 0.229 e. The molecule has 2 heterocycles. The highest BCUT2D eigenvalue weighted by molar-refractivity contribution is 8.00. The molecule has 0 radical (unpaired) electrons. The van der Waals surface area contributed by atoms with Crippen LogP contribution in [0.3, 0.4) is 0 Å². The van der Waals surface area contributed by atoms with Crippen molar-refractivity contribution in [2.75, 3.05) is 0 Å². The summed E-state index contributed by atoms with van der Waals surface area (Å²) in [7, 11) is 0. The van der Waals surface area contributed by atoms with E-state index in [1.807, 2.05) is 29.6 Å². The Balaban J connectivity index is 1.73. The van der Waals surface area contributed by atoms with Crippen LogP contribution in [0.4, 0.5) is 0 Å². The van der Waals surface area contributed by atoms with Gasteiger partial charge >= 0.3 is 0 Å². The first kappa shape index (κ1) is 14.5. The molecule has 2 aromatic heterocycles. The Hall–Kier alpha value is -1.44. The van der Waals surface area contributed by atoms with Gasteiger partial charge in [-0.15, -0.1) is 21.5 Å². The Bertz CT molecular complexity index is 722. The van der Waals surface area contributed by atoms with Gasteiger partial charge in [0.1, 0.15) is 0 Å². The molecule has 0 spiro atoms. The first-order valence-electron chi connectivity index (χ1n) is 6.41. The van der Waals surface area contributed by atoms with Gasteiger partial charge < -0.3 is 0 Å². The second-order valence-electron chi connectivity index (χ2n) is 4.28. The van der Waals surface area contributed by atoms with Crippen molar-refractivity contribution in [1.29, 1.82) is 0 Å². The summed E-state index contributed by atoms with van der Waals surface area (Å²) >= 11 is 8.89. The van der Waals surface area contributed by atoms with Gasteiger partial charge in [-0.25, -0.2) is 4.98 Å². The van der Waals surface area contributed by atoms with E-state index in [9.17, 15) is 0 Å². The molecule has 1 aromatic carbocycles. The van der Waals surface area contributed by atoms with E-state index < -0.39 is 0 Å². The number of hydrogen-bond acceptors (Lipinski definition) is 6.